The molecule has 0 aliphatic heterocycles. The van der Waals surface area contributed by atoms with Gasteiger partial charge >= 0.3 is 0 Å². The van der Waals surface area contributed by atoms with Crippen molar-refractivity contribution in [2.45, 2.75) is 24.8 Å². The molecule has 0 amide bonds. The zero-order chi connectivity index (χ0) is 12.7. The molecule has 2 aromatic rings. The number of nitrogens with zero attached hydrogens (tertiary/aromatic N) is 3. The second-order valence-electron chi connectivity index (χ2n) is 4.30. The second-order valence-corrected chi connectivity index (χ2v) is 5.00. The van der Waals surface area contributed by atoms with Crippen LogP contribution >= 0.6 is 23.2 Å². The Morgan fingerprint density at radius 1 is 1.33 bits per heavy atom. The van der Waals surface area contributed by atoms with Crippen molar-refractivity contribution in [2.75, 3.05) is 0 Å². The molecule has 0 N–H and O–H groups in total. The first-order valence-electron chi connectivity index (χ1n) is 5.66. The third-order valence-corrected chi connectivity index (χ3v) is 3.44. The van der Waals surface area contributed by atoms with Crippen LogP contribution in [0, 0.1) is 5.82 Å². The van der Waals surface area contributed by atoms with Crippen LogP contribution in [0.25, 0.3) is 11.4 Å². The SMILES string of the molecule is Fc1cc(Cl)ccc1-c1nnc(CCl)n1C1CC1. The van der Waals surface area contributed by atoms with Crippen LogP contribution in [0.4, 0.5) is 4.39 Å². The molecular weight excluding hydrogens is 276 g/mol. The molecule has 18 heavy (non-hydrogen) atoms. The highest BCUT2D eigenvalue weighted by atomic mass is 35.5. The minimum absolute atomic E-state index is 0.276. The van der Waals surface area contributed by atoms with Crippen molar-refractivity contribution in [1.29, 1.82) is 0 Å². The molecule has 0 bridgehead atoms. The van der Waals surface area contributed by atoms with Gasteiger partial charge in [0.15, 0.2) is 5.82 Å². The summed E-state index contributed by atoms with van der Waals surface area (Å²) in [7, 11) is 0. The fourth-order valence-corrected chi connectivity index (χ4v) is 2.33. The minimum Gasteiger partial charge on any atom is -0.307 e. The van der Waals surface area contributed by atoms with E-state index in [0.29, 0.717) is 28.3 Å². The minimum atomic E-state index is -0.391. The molecule has 3 nitrogen and oxygen atoms in total. The topological polar surface area (TPSA) is 30.7 Å². The Kier molecular flexibility index (Phi) is 2.99. The predicted octanol–water partition coefficient (Wildman–Crippen LogP) is 3.81. The van der Waals surface area contributed by atoms with Gasteiger partial charge in [-0.1, -0.05) is 11.6 Å². The van der Waals surface area contributed by atoms with Gasteiger partial charge in [0.05, 0.1) is 11.4 Å². The van der Waals surface area contributed by atoms with Crippen molar-refractivity contribution in [3.63, 3.8) is 0 Å². The number of rotatable bonds is 3. The Morgan fingerprint density at radius 3 is 2.72 bits per heavy atom. The molecule has 1 aliphatic rings. The third kappa shape index (κ3) is 1.99. The van der Waals surface area contributed by atoms with Gasteiger partial charge < -0.3 is 4.57 Å². The number of aromatic nitrogens is 3. The highest BCUT2D eigenvalue weighted by Gasteiger charge is 2.30. The molecular formula is C12H10Cl2FN3. The largest absolute Gasteiger partial charge is 0.307 e. The Labute approximate surface area is 114 Å². The number of benzene rings is 1. The van der Waals surface area contributed by atoms with Gasteiger partial charge in [-0.05, 0) is 31.0 Å². The molecule has 6 heteroatoms. The predicted molar refractivity (Wildman–Crippen MR) is 68.3 cm³/mol. The first-order valence-corrected chi connectivity index (χ1v) is 6.57. The van der Waals surface area contributed by atoms with E-state index in [1.54, 1.807) is 12.1 Å². The second kappa shape index (κ2) is 4.52. The van der Waals surface area contributed by atoms with Crippen molar-refractivity contribution >= 4 is 23.2 Å². The first kappa shape index (κ1) is 11.9. The molecule has 1 fully saturated rings. The summed E-state index contributed by atoms with van der Waals surface area (Å²) < 4.78 is 15.8. The first-order chi connectivity index (χ1) is 8.70. The van der Waals surface area contributed by atoms with Crippen LogP contribution < -0.4 is 0 Å². The summed E-state index contributed by atoms with van der Waals surface area (Å²) in [6.07, 6.45) is 2.12. The molecule has 0 spiro atoms. The maximum Gasteiger partial charge on any atom is 0.167 e. The average Bonchev–Trinajstić information content (AvgIpc) is 3.09. The molecule has 1 aliphatic carbocycles. The van der Waals surface area contributed by atoms with Gasteiger partial charge in [0.1, 0.15) is 11.6 Å². The maximum atomic E-state index is 13.9. The van der Waals surface area contributed by atoms with Crippen LogP contribution in [-0.2, 0) is 5.88 Å². The molecule has 1 heterocycles. The van der Waals surface area contributed by atoms with Crippen LogP contribution in [-0.4, -0.2) is 14.8 Å². The van der Waals surface area contributed by atoms with Crippen LogP contribution in [0.3, 0.4) is 0 Å². The molecule has 1 aromatic carbocycles. The Bertz CT molecular complexity index is 593. The van der Waals surface area contributed by atoms with E-state index in [2.05, 4.69) is 10.2 Å². The van der Waals surface area contributed by atoms with E-state index in [4.69, 9.17) is 23.2 Å². The van der Waals surface area contributed by atoms with Crippen LogP contribution in [0.15, 0.2) is 18.2 Å². The average molecular weight is 286 g/mol. The number of hydrogen-bond acceptors (Lipinski definition) is 2. The summed E-state index contributed by atoms with van der Waals surface area (Å²) >= 11 is 11.6. The van der Waals surface area contributed by atoms with E-state index in [0.717, 1.165) is 12.8 Å². The summed E-state index contributed by atoms with van der Waals surface area (Å²) in [5.74, 6) is 1.10. The zero-order valence-electron chi connectivity index (χ0n) is 9.41. The van der Waals surface area contributed by atoms with E-state index in [1.165, 1.54) is 6.07 Å². The van der Waals surface area contributed by atoms with E-state index < -0.39 is 5.82 Å². The molecule has 0 radical (unpaired) electrons. The van der Waals surface area contributed by atoms with E-state index >= 15 is 0 Å². The molecule has 1 saturated carbocycles. The number of halogens is 3. The van der Waals surface area contributed by atoms with Crippen molar-refractivity contribution in [1.82, 2.24) is 14.8 Å². The summed E-state index contributed by atoms with van der Waals surface area (Å²) in [5, 5.41) is 8.44. The van der Waals surface area contributed by atoms with Crippen LogP contribution in [0.2, 0.25) is 5.02 Å². The molecule has 3 rings (SSSR count). The standard InChI is InChI=1S/C12H10Cl2FN3/c13-6-11-16-17-12(18(11)8-2-3-8)9-4-1-7(14)5-10(9)15/h1,4-5,8H,2-3,6H2. The van der Waals surface area contributed by atoms with Gasteiger partial charge in [0.2, 0.25) is 0 Å². The molecule has 94 valence electrons. The van der Waals surface area contributed by atoms with Gasteiger partial charge in [-0.25, -0.2) is 4.39 Å². The monoisotopic (exact) mass is 285 g/mol. The van der Waals surface area contributed by atoms with Gasteiger partial charge in [-0.3, -0.25) is 0 Å². The fourth-order valence-electron chi connectivity index (χ4n) is 1.99. The van der Waals surface area contributed by atoms with Crippen molar-refractivity contribution in [3.05, 3.63) is 34.9 Å². The van der Waals surface area contributed by atoms with Gasteiger partial charge in [-0.15, -0.1) is 21.8 Å². The maximum absolute atomic E-state index is 13.9. The lowest BCUT2D eigenvalue weighted by molar-refractivity contribution is 0.625. The number of hydrogen-bond donors (Lipinski definition) is 0. The summed E-state index contributed by atoms with van der Waals surface area (Å²) in [6.45, 7) is 0. The van der Waals surface area contributed by atoms with E-state index in [1.807, 2.05) is 4.57 Å². The van der Waals surface area contributed by atoms with Crippen LogP contribution in [0.1, 0.15) is 24.7 Å². The lowest BCUT2D eigenvalue weighted by Crippen LogP contribution is -2.02. The number of alkyl halides is 1. The molecule has 0 saturated heterocycles. The summed E-state index contributed by atoms with van der Waals surface area (Å²) in [4.78, 5) is 0. The smallest absolute Gasteiger partial charge is 0.167 e. The molecule has 0 unspecified atom stereocenters. The Hall–Kier alpha value is -1.13. The molecule has 1 aromatic heterocycles. The summed E-state index contributed by atoms with van der Waals surface area (Å²) in [5.41, 5.74) is 0.412. The fraction of sp³-hybridized carbons (Fsp3) is 0.333. The van der Waals surface area contributed by atoms with Crippen molar-refractivity contribution in [2.24, 2.45) is 0 Å². The van der Waals surface area contributed by atoms with Crippen LogP contribution in [0.5, 0.6) is 0 Å². The Morgan fingerprint density at radius 2 is 2.11 bits per heavy atom. The zero-order valence-corrected chi connectivity index (χ0v) is 10.9. The van der Waals surface area contributed by atoms with Crippen molar-refractivity contribution < 1.29 is 4.39 Å². The van der Waals surface area contributed by atoms with Gasteiger partial charge in [0, 0.05) is 11.1 Å². The lowest BCUT2D eigenvalue weighted by atomic mass is 10.2. The van der Waals surface area contributed by atoms with Gasteiger partial charge in [0.25, 0.3) is 0 Å². The third-order valence-electron chi connectivity index (χ3n) is 2.97. The van der Waals surface area contributed by atoms with E-state index in [-0.39, 0.29) is 5.88 Å². The Balaban J connectivity index is 2.13. The van der Waals surface area contributed by atoms with Gasteiger partial charge in [-0.2, -0.15) is 0 Å². The highest BCUT2D eigenvalue weighted by Crippen LogP contribution is 2.39. The molecule has 0 atom stereocenters. The van der Waals surface area contributed by atoms with E-state index in [9.17, 15) is 4.39 Å². The lowest BCUT2D eigenvalue weighted by Gasteiger charge is -2.08. The summed E-state index contributed by atoms with van der Waals surface area (Å²) in [6, 6.07) is 4.90. The highest BCUT2D eigenvalue weighted by molar-refractivity contribution is 6.30. The van der Waals surface area contributed by atoms with Crippen molar-refractivity contribution in [3.8, 4) is 11.4 Å². The quantitative estimate of drug-likeness (QED) is 0.803. The normalized spacial score (nSPS) is 15.1.